The van der Waals surface area contributed by atoms with E-state index in [4.69, 9.17) is 9.47 Å². The number of ether oxygens (including phenoxy) is 2. The van der Waals surface area contributed by atoms with Crippen molar-refractivity contribution in [3.05, 3.63) is 64.7 Å². The number of rotatable bonds is 10. The van der Waals surface area contributed by atoms with Crippen LogP contribution < -0.4 is 14.4 Å². The monoisotopic (exact) mass is 481 g/mol. The summed E-state index contributed by atoms with van der Waals surface area (Å²) in [5, 5.41) is 11.4. The lowest BCUT2D eigenvalue weighted by atomic mass is 9.94. The molecule has 188 valence electrons. The highest BCUT2D eigenvalue weighted by Crippen LogP contribution is 2.42. The van der Waals surface area contributed by atoms with Crippen LogP contribution in [0.4, 0.5) is 0 Å². The summed E-state index contributed by atoms with van der Waals surface area (Å²) in [6, 6.07) is 11.9. The zero-order chi connectivity index (χ0) is 25.7. The molecule has 2 aromatic carbocycles. The summed E-state index contributed by atoms with van der Waals surface area (Å²) in [5.74, 6) is 0.176. The van der Waals surface area contributed by atoms with Crippen molar-refractivity contribution in [1.29, 1.82) is 0 Å². The first-order valence-corrected chi connectivity index (χ1v) is 12.1. The fraction of sp³-hybridized carbons (Fsp3) is 0.429. The van der Waals surface area contributed by atoms with E-state index >= 15 is 0 Å². The Kier molecular flexibility index (Phi) is 8.57. The maximum absolute atomic E-state index is 13.3. The van der Waals surface area contributed by atoms with Gasteiger partial charge in [-0.3, -0.25) is 9.59 Å². The summed E-state index contributed by atoms with van der Waals surface area (Å²) in [6.07, 6.45) is 0.724. The number of aryl methyl sites for hydroxylation is 1. The van der Waals surface area contributed by atoms with E-state index in [0.29, 0.717) is 35.9 Å². The molecule has 1 heterocycles. The number of likely N-dealkylation sites (tertiary alicyclic amines) is 1. The molecule has 3 rings (SSSR count). The fourth-order valence-electron chi connectivity index (χ4n) is 4.30. The van der Waals surface area contributed by atoms with Crippen molar-refractivity contribution in [2.75, 3.05) is 40.9 Å². The topological polar surface area (TPSA) is 80.5 Å². The highest BCUT2D eigenvalue weighted by molar-refractivity contribution is 6.46. The van der Waals surface area contributed by atoms with Crippen molar-refractivity contribution in [3.8, 4) is 11.5 Å². The molecule has 0 radical (unpaired) electrons. The van der Waals surface area contributed by atoms with Crippen molar-refractivity contribution in [2.24, 2.45) is 5.92 Å². The van der Waals surface area contributed by atoms with Gasteiger partial charge in [0.05, 0.1) is 46.0 Å². The predicted octanol–water partition coefficient (Wildman–Crippen LogP) is 2.99. The molecule has 7 nitrogen and oxygen atoms in total. The largest absolute Gasteiger partial charge is 0.507 e. The molecule has 1 saturated heterocycles. The van der Waals surface area contributed by atoms with E-state index in [1.165, 1.54) is 4.90 Å². The van der Waals surface area contributed by atoms with Crippen molar-refractivity contribution in [3.63, 3.8) is 0 Å². The Morgan fingerprint density at radius 2 is 1.83 bits per heavy atom. The minimum Gasteiger partial charge on any atom is -0.507 e. The molecule has 0 saturated carbocycles. The average Bonchev–Trinajstić information content (AvgIpc) is 3.07. The summed E-state index contributed by atoms with van der Waals surface area (Å²) >= 11 is 0. The minimum atomic E-state index is -0.736. The van der Waals surface area contributed by atoms with Crippen LogP contribution in [0.3, 0.4) is 0 Å². The lowest BCUT2D eigenvalue weighted by Gasteiger charge is -2.26. The summed E-state index contributed by atoms with van der Waals surface area (Å²) in [7, 11) is 5.64. The molecule has 7 heteroatoms. The lowest BCUT2D eigenvalue weighted by molar-refractivity contribution is -0.858. The van der Waals surface area contributed by atoms with Crippen molar-refractivity contribution in [2.45, 2.75) is 33.2 Å². The van der Waals surface area contributed by atoms with E-state index in [9.17, 15) is 14.7 Å². The third-order valence-electron chi connectivity index (χ3n) is 6.07. The number of quaternary nitrogens is 1. The summed E-state index contributed by atoms with van der Waals surface area (Å²) in [6.45, 7) is 7.87. The van der Waals surface area contributed by atoms with Crippen LogP contribution in [0, 0.1) is 12.8 Å². The maximum Gasteiger partial charge on any atom is 0.295 e. The third-order valence-corrected chi connectivity index (χ3v) is 6.07. The summed E-state index contributed by atoms with van der Waals surface area (Å²) in [4.78, 5) is 29.2. The second-order valence-corrected chi connectivity index (χ2v) is 9.73. The SMILES string of the molecule is COc1ccccc1C1C(=C(O)c2ccc(OCC(C)C)c(C)c2)C(=O)C(=O)N1CCC[NH+](C)C. The van der Waals surface area contributed by atoms with Crippen molar-refractivity contribution in [1.82, 2.24) is 4.90 Å². The second-order valence-electron chi connectivity index (χ2n) is 9.73. The number of methoxy groups -OCH3 is 1. The van der Waals surface area contributed by atoms with E-state index in [1.54, 1.807) is 36.3 Å². The van der Waals surface area contributed by atoms with Crippen molar-refractivity contribution < 1.29 is 29.1 Å². The van der Waals surface area contributed by atoms with Crippen LogP contribution in [-0.4, -0.2) is 62.6 Å². The molecule has 1 aliphatic rings. The number of para-hydroxylation sites is 1. The van der Waals surface area contributed by atoms with E-state index in [2.05, 4.69) is 13.8 Å². The van der Waals surface area contributed by atoms with Crippen molar-refractivity contribution >= 4 is 17.4 Å². The van der Waals surface area contributed by atoms with Gasteiger partial charge in [-0.25, -0.2) is 0 Å². The zero-order valence-electron chi connectivity index (χ0n) is 21.6. The second kappa shape index (κ2) is 11.4. The standard InChI is InChI=1S/C28H36N2O5/c1-18(2)17-35-22-13-12-20(16-19(22)3)26(31)24-25(21-10-7-8-11-23(21)34-6)30(28(33)27(24)32)15-9-14-29(4)5/h7-8,10-13,16,18,25,31H,9,14-15,17H2,1-6H3/p+1. The van der Waals surface area contributed by atoms with Gasteiger partial charge in [0.2, 0.25) is 0 Å². The molecule has 0 spiro atoms. The number of hydrogen-bond acceptors (Lipinski definition) is 5. The molecule has 0 aliphatic carbocycles. The Morgan fingerprint density at radius 3 is 2.46 bits per heavy atom. The molecule has 1 atom stereocenters. The summed E-state index contributed by atoms with van der Waals surface area (Å²) in [5.41, 5.74) is 2.05. The van der Waals surface area contributed by atoms with Gasteiger partial charge in [-0.2, -0.15) is 0 Å². The Hall–Kier alpha value is -3.32. The van der Waals surface area contributed by atoms with Crippen LogP contribution in [-0.2, 0) is 9.59 Å². The number of benzene rings is 2. The van der Waals surface area contributed by atoms with Crippen LogP contribution in [0.15, 0.2) is 48.0 Å². The molecule has 2 N–H and O–H groups in total. The van der Waals surface area contributed by atoms with Gasteiger partial charge < -0.3 is 24.4 Å². The highest BCUT2D eigenvalue weighted by Gasteiger charge is 2.46. The normalized spacial score (nSPS) is 17.5. The quantitative estimate of drug-likeness (QED) is 0.310. The molecule has 1 fully saturated rings. The molecular weight excluding hydrogens is 444 g/mol. The van der Waals surface area contributed by atoms with Gasteiger partial charge >= 0.3 is 0 Å². The summed E-state index contributed by atoms with van der Waals surface area (Å²) < 4.78 is 11.4. The molecular formula is C28H37N2O5+. The number of nitrogens with one attached hydrogen (secondary N) is 1. The first kappa shape index (κ1) is 26.3. The van der Waals surface area contributed by atoms with Gasteiger partial charge in [0.1, 0.15) is 17.3 Å². The average molecular weight is 482 g/mol. The smallest absolute Gasteiger partial charge is 0.295 e. The Bertz CT molecular complexity index is 1110. The van der Waals surface area contributed by atoms with Gasteiger partial charge in [-0.15, -0.1) is 0 Å². The van der Waals surface area contributed by atoms with Gasteiger partial charge in [-0.1, -0.05) is 32.0 Å². The molecule has 1 unspecified atom stereocenters. The first-order valence-electron chi connectivity index (χ1n) is 12.1. The number of carbonyl (C=O) groups excluding carboxylic acids is 2. The number of nitrogens with zero attached hydrogens (tertiary/aromatic N) is 1. The molecule has 0 bridgehead atoms. The van der Waals surface area contributed by atoms with Crippen LogP contribution in [0.25, 0.3) is 5.76 Å². The van der Waals surface area contributed by atoms with Gasteiger partial charge in [0.25, 0.3) is 11.7 Å². The number of hydrogen-bond donors (Lipinski definition) is 2. The number of aliphatic hydroxyl groups is 1. The number of amides is 1. The lowest BCUT2D eigenvalue weighted by Crippen LogP contribution is -3.05. The van der Waals surface area contributed by atoms with Crippen LogP contribution in [0.2, 0.25) is 0 Å². The molecule has 35 heavy (non-hydrogen) atoms. The highest BCUT2D eigenvalue weighted by atomic mass is 16.5. The molecule has 1 amide bonds. The molecule has 1 aliphatic heterocycles. The number of ketones is 1. The van der Waals surface area contributed by atoms with E-state index < -0.39 is 17.7 Å². The van der Waals surface area contributed by atoms with Gasteiger partial charge in [-0.05, 0) is 42.7 Å². The van der Waals surface area contributed by atoms with Gasteiger partial charge in [0.15, 0.2) is 0 Å². The zero-order valence-corrected chi connectivity index (χ0v) is 21.6. The Morgan fingerprint density at radius 1 is 1.11 bits per heavy atom. The van der Waals surface area contributed by atoms with E-state index in [0.717, 1.165) is 24.3 Å². The fourth-order valence-corrected chi connectivity index (χ4v) is 4.30. The van der Waals surface area contributed by atoms with Gasteiger partial charge in [0, 0.05) is 24.1 Å². The van der Waals surface area contributed by atoms with E-state index in [-0.39, 0.29) is 11.3 Å². The molecule has 0 aromatic heterocycles. The first-order chi connectivity index (χ1) is 16.6. The van der Waals surface area contributed by atoms with E-state index in [1.807, 2.05) is 39.2 Å². The number of carbonyl (C=O) groups is 2. The maximum atomic E-state index is 13.3. The Balaban J connectivity index is 2.08. The minimum absolute atomic E-state index is 0.0759. The van der Waals surface area contributed by atoms with Crippen LogP contribution in [0.1, 0.15) is 43.0 Å². The number of Topliss-reactive ketones (excluding diaryl/α,β-unsaturated/α-hetero) is 1. The van der Waals surface area contributed by atoms with Crippen LogP contribution in [0.5, 0.6) is 11.5 Å². The Labute approximate surface area is 207 Å². The molecule has 2 aromatic rings. The number of aliphatic hydroxyl groups excluding tert-OH is 1. The predicted molar refractivity (Wildman–Crippen MR) is 136 cm³/mol. The third kappa shape index (κ3) is 5.85. The van der Waals surface area contributed by atoms with Crippen LogP contribution >= 0.6 is 0 Å².